The van der Waals surface area contributed by atoms with Crippen LogP contribution in [0.5, 0.6) is 5.75 Å². The number of fused-ring (bicyclic) bond motifs is 1. The van der Waals surface area contributed by atoms with Crippen LogP contribution in [0.1, 0.15) is 27.9 Å². The number of hydrogen-bond donors (Lipinski definition) is 1. The molecule has 2 N–H and O–H groups in total. The van der Waals surface area contributed by atoms with Crippen LogP contribution in [0.4, 0.5) is 0 Å². The number of hydrogen-bond acceptors (Lipinski definition) is 5. The van der Waals surface area contributed by atoms with Gasteiger partial charge in [0.1, 0.15) is 15.8 Å². The summed E-state index contributed by atoms with van der Waals surface area (Å²) >= 11 is 1.67. The molecule has 3 rings (SSSR count). The summed E-state index contributed by atoms with van der Waals surface area (Å²) < 4.78 is 5.67. The van der Waals surface area contributed by atoms with E-state index in [-0.39, 0.29) is 0 Å². The maximum absolute atomic E-state index is 5.67. The van der Waals surface area contributed by atoms with Gasteiger partial charge in [-0.05, 0) is 19.0 Å². The molecule has 1 aromatic heterocycles. The first-order valence-electron chi connectivity index (χ1n) is 6.12. The molecular formula is C13H15N3OS. The zero-order chi connectivity index (χ0) is 12.4. The highest BCUT2D eigenvalue weighted by Gasteiger charge is 2.25. The number of nitrogens with zero attached hydrogens (tertiary/aromatic N) is 2. The molecule has 1 aliphatic rings. The Morgan fingerprint density at radius 2 is 2.22 bits per heavy atom. The Labute approximate surface area is 110 Å². The summed E-state index contributed by atoms with van der Waals surface area (Å²) in [6.07, 6.45) is 1.77. The van der Waals surface area contributed by atoms with Gasteiger partial charge in [0.05, 0.1) is 6.61 Å². The van der Waals surface area contributed by atoms with Crippen molar-refractivity contribution in [3.05, 3.63) is 39.8 Å². The first kappa shape index (κ1) is 11.6. The molecule has 1 atom stereocenters. The summed E-state index contributed by atoms with van der Waals surface area (Å²) in [5.74, 6) is 1.29. The van der Waals surface area contributed by atoms with Crippen molar-refractivity contribution in [3.63, 3.8) is 0 Å². The first-order chi connectivity index (χ1) is 8.88. The van der Waals surface area contributed by atoms with Crippen LogP contribution in [0.3, 0.4) is 0 Å². The molecule has 0 saturated heterocycles. The highest BCUT2D eigenvalue weighted by atomic mass is 32.1. The van der Waals surface area contributed by atoms with Crippen molar-refractivity contribution in [2.75, 3.05) is 13.2 Å². The van der Waals surface area contributed by atoms with Crippen molar-refractivity contribution in [1.29, 1.82) is 0 Å². The maximum Gasteiger partial charge on any atom is 0.125 e. The molecule has 0 spiro atoms. The van der Waals surface area contributed by atoms with E-state index in [1.807, 2.05) is 18.2 Å². The largest absolute Gasteiger partial charge is 0.493 e. The van der Waals surface area contributed by atoms with E-state index in [0.29, 0.717) is 12.5 Å². The molecule has 0 bridgehead atoms. The highest BCUT2D eigenvalue weighted by Crippen LogP contribution is 2.38. The van der Waals surface area contributed by atoms with Gasteiger partial charge in [-0.15, -0.1) is 21.5 Å². The van der Waals surface area contributed by atoms with Crippen molar-refractivity contribution in [2.24, 2.45) is 5.73 Å². The van der Waals surface area contributed by atoms with Gasteiger partial charge in [0.2, 0.25) is 0 Å². The van der Waals surface area contributed by atoms with E-state index in [1.54, 1.807) is 11.3 Å². The molecule has 0 saturated carbocycles. The van der Waals surface area contributed by atoms with E-state index in [2.05, 4.69) is 16.3 Å². The Morgan fingerprint density at radius 1 is 1.33 bits per heavy atom. The van der Waals surface area contributed by atoms with Gasteiger partial charge in [-0.25, -0.2) is 0 Å². The van der Waals surface area contributed by atoms with E-state index >= 15 is 0 Å². The molecular weight excluding hydrogens is 246 g/mol. The average Bonchev–Trinajstić information content (AvgIpc) is 2.87. The number of aromatic nitrogens is 2. The van der Waals surface area contributed by atoms with Gasteiger partial charge in [-0.1, -0.05) is 18.2 Å². The van der Waals surface area contributed by atoms with Crippen LogP contribution in [-0.2, 0) is 6.42 Å². The Morgan fingerprint density at radius 3 is 3.11 bits per heavy atom. The predicted molar refractivity (Wildman–Crippen MR) is 71.1 cm³/mol. The molecule has 94 valence electrons. The van der Waals surface area contributed by atoms with Gasteiger partial charge in [-0.2, -0.15) is 0 Å². The van der Waals surface area contributed by atoms with E-state index < -0.39 is 0 Å². The van der Waals surface area contributed by atoms with Crippen molar-refractivity contribution in [1.82, 2.24) is 10.2 Å². The van der Waals surface area contributed by atoms with E-state index in [9.17, 15) is 0 Å². The molecule has 1 aliphatic heterocycles. The second kappa shape index (κ2) is 5.04. The lowest BCUT2D eigenvalue weighted by molar-refractivity contribution is 0.276. The summed E-state index contributed by atoms with van der Waals surface area (Å²) in [5, 5.41) is 10.6. The molecule has 18 heavy (non-hydrogen) atoms. The van der Waals surface area contributed by atoms with Gasteiger partial charge in [0.15, 0.2) is 0 Å². The summed E-state index contributed by atoms with van der Waals surface area (Å²) in [7, 11) is 0. The third-order valence-corrected chi connectivity index (χ3v) is 4.19. The SMILES string of the molecule is NCCc1nnc(C2CCOc3ccccc32)s1. The fourth-order valence-electron chi connectivity index (χ4n) is 2.23. The van der Waals surface area contributed by atoms with Crippen molar-refractivity contribution in [3.8, 4) is 5.75 Å². The van der Waals surface area contributed by atoms with Gasteiger partial charge < -0.3 is 10.5 Å². The average molecular weight is 261 g/mol. The summed E-state index contributed by atoms with van der Waals surface area (Å²) in [6, 6.07) is 8.18. The summed E-state index contributed by atoms with van der Waals surface area (Å²) in [6.45, 7) is 1.37. The molecule has 4 nitrogen and oxygen atoms in total. The van der Waals surface area contributed by atoms with E-state index in [4.69, 9.17) is 10.5 Å². The number of ether oxygens (including phenoxy) is 1. The minimum Gasteiger partial charge on any atom is -0.493 e. The highest BCUT2D eigenvalue weighted by molar-refractivity contribution is 7.11. The molecule has 2 aromatic rings. The van der Waals surface area contributed by atoms with Gasteiger partial charge in [0, 0.05) is 17.9 Å². The van der Waals surface area contributed by atoms with Crippen LogP contribution in [0.25, 0.3) is 0 Å². The molecule has 0 fully saturated rings. The Bertz CT molecular complexity index is 541. The van der Waals surface area contributed by atoms with Crippen molar-refractivity contribution < 1.29 is 4.74 Å². The van der Waals surface area contributed by atoms with E-state index in [1.165, 1.54) is 5.56 Å². The van der Waals surface area contributed by atoms with Gasteiger partial charge in [-0.3, -0.25) is 0 Å². The Kier molecular flexibility index (Phi) is 3.25. The Hall–Kier alpha value is -1.46. The zero-order valence-electron chi connectivity index (χ0n) is 10.0. The van der Waals surface area contributed by atoms with Crippen LogP contribution in [0.2, 0.25) is 0 Å². The van der Waals surface area contributed by atoms with Gasteiger partial charge in [0.25, 0.3) is 0 Å². The quantitative estimate of drug-likeness (QED) is 0.917. The zero-order valence-corrected chi connectivity index (χ0v) is 10.8. The normalized spacial score (nSPS) is 18.2. The van der Waals surface area contributed by atoms with Crippen LogP contribution in [0, 0.1) is 0 Å². The monoisotopic (exact) mass is 261 g/mol. The number of benzene rings is 1. The third kappa shape index (κ3) is 2.11. The first-order valence-corrected chi connectivity index (χ1v) is 6.94. The fourth-order valence-corrected chi connectivity index (χ4v) is 3.24. The molecule has 0 aliphatic carbocycles. The molecule has 1 aromatic carbocycles. The Balaban J connectivity index is 1.92. The minimum absolute atomic E-state index is 0.318. The molecule has 2 heterocycles. The number of rotatable bonds is 3. The van der Waals surface area contributed by atoms with Crippen LogP contribution in [-0.4, -0.2) is 23.3 Å². The second-order valence-electron chi connectivity index (χ2n) is 4.30. The summed E-state index contributed by atoms with van der Waals surface area (Å²) in [5.41, 5.74) is 6.77. The van der Waals surface area contributed by atoms with Crippen LogP contribution < -0.4 is 10.5 Å². The number of nitrogens with two attached hydrogens (primary N) is 1. The molecule has 1 unspecified atom stereocenters. The van der Waals surface area contributed by atoms with Crippen LogP contribution in [0.15, 0.2) is 24.3 Å². The molecule has 0 radical (unpaired) electrons. The minimum atomic E-state index is 0.318. The third-order valence-electron chi connectivity index (χ3n) is 3.10. The topological polar surface area (TPSA) is 61.0 Å². The lowest BCUT2D eigenvalue weighted by Gasteiger charge is -2.23. The fraction of sp³-hybridized carbons (Fsp3) is 0.385. The van der Waals surface area contributed by atoms with Crippen molar-refractivity contribution >= 4 is 11.3 Å². The molecule has 5 heteroatoms. The lowest BCUT2D eigenvalue weighted by atomic mass is 9.94. The second-order valence-corrected chi connectivity index (χ2v) is 5.39. The predicted octanol–water partition coefficient (Wildman–Crippen LogP) is 1.95. The van der Waals surface area contributed by atoms with Crippen molar-refractivity contribution in [2.45, 2.75) is 18.8 Å². The van der Waals surface area contributed by atoms with E-state index in [0.717, 1.165) is 35.2 Å². The molecule has 0 amide bonds. The summed E-state index contributed by atoms with van der Waals surface area (Å²) in [4.78, 5) is 0. The maximum atomic E-state index is 5.67. The standard InChI is InChI=1S/C13H15N3OS/c14-7-5-12-15-16-13(18-12)10-6-8-17-11-4-2-1-3-9(10)11/h1-4,10H,5-8,14H2. The number of para-hydroxylation sites is 1. The van der Waals surface area contributed by atoms with Gasteiger partial charge >= 0.3 is 0 Å². The lowest BCUT2D eigenvalue weighted by Crippen LogP contribution is -2.14. The van der Waals surface area contributed by atoms with Crippen LogP contribution >= 0.6 is 11.3 Å². The smallest absolute Gasteiger partial charge is 0.125 e.